The molecule has 2 heterocycles. The van der Waals surface area contributed by atoms with Gasteiger partial charge in [0.05, 0.1) is 10.4 Å². The van der Waals surface area contributed by atoms with Gasteiger partial charge >= 0.3 is 0 Å². The third-order valence-electron chi connectivity index (χ3n) is 2.79. The molecule has 1 saturated carbocycles. The predicted octanol–water partition coefficient (Wildman–Crippen LogP) is 1.72. The molecule has 0 radical (unpaired) electrons. The van der Waals surface area contributed by atoms with Gasteiger partial charge in [0.1, 0.15) is 5.82 Å². The SMILES string of the molecule is O=C1Nc2ncc(Cl)cc2C12CC2. The van der Waals surface area contributed by atoms with Crippen LogP contribution in [0.3, 0.4) is 0 Å². The van der Waals surface area contributed by atoms with Crippen molar-refractivity contribution in [1.29, 1.82) is 0 Å². The van der Waals surface area contributed by atoms with Crippen molar-refractivity contribution in [2.24, 2.45) is 0 Å². The fourth-order valence-corrected chi connectivity index (χ4v) is 2.03. The second kappa shape index (κ2) is 2.04. The summed E-state index contributed by atoms with van der Waals surface area (Å²) >= 11 is 5.82. The zero-order valence-electron chi connectivity index (χ0n) is 6.80. The van der Waals surface area contributed by atoms with Crippen LogP contribution in [0.1, 0.15) is 18.4 Å². The normalized spacial score (nSPS) is 21.5. The molecule has 0 atom stereocenters. The number of hydrogen-bond donors (Lipinski definition) is 1. The van der Waals surface area contributed by atoms with Crippen LogP contribution in [-0.2, 0) is 10.2 Å². The molecular formula is C9H7ClN2O. The van der Waals surface area contributed by atoms with E-state index in [2.05, 4.69) is 10.3 Å². The van der Waals surface area contributed by atoms with Crippen LogP contribution >= 0.6 is 11.6 Å². The fraction of sp³-hybridized carbons (Fsp3) is 0.333. The van der Waals surface area contributed by atoms with Crippen LogP contribution < -0.4 is 5.32 Å². The van der Waals surface area contributed by atoms with Crippen molar-refractivity contribution in [2.45, 2.75) is 18.3 Å². The quantitative estimate of drug-likeness (QED) is 0.683. The highest BCUT2D eigenvalue weighted by Crippen LogP contribution is 2.54. The summed E-state index contributed by atoms with van der Waals surface area (Å²) in [5.41, 5.74) is 0.706. The van der Waals surface area contributed by atoms with Crippen LogP contribution in [0.5, 0.6) is 0 Å². The number of nitrogens with one attached hydrogen (secondary N) is 1. The van der Waals surface area contributed by atoms with Crippen LogP contribution in [0.25, 0.3) is 0 Å². The van der Waals surface area contributed by atoms with Crippen LogP contribution in [0.2, 0.25) is 5.02 Å². The molecule has 0 aromatic carbocycles. The van der Waals surface area contributed by atoms with Crippen LogP contribution in [0.15, 0.2) is 12.3 Å². The van der Waals surface area contributed by atoms with E-state index in [1.807, 2.05) is 6.07 Å². The minimum Gasteiger partial charge on any atom is -0.310 e. The lowest BCUT2D eigenvalue weighted by Crippen LogP contribution is -2.18. The number of amides is 1. The Kier molecular flexibility index (Phi) is 1.15. The first-order valence-electron chi connectivity index (χ1n) is 4.20. The van der Waals surface area contributed by atoms with E-state index in [0.29, 0.717) is 10.8 Å². The number of anilines is 1. The van der Waals surface area contributed by atoms with Crippen molar-refractivity contribution in [2.75, 3.05) is 5.32 Å². The van der Waals surface area contributed by atoms with Gasteiger partial charge in [0.15, 0.2) is 0 Å². The maximum atomic E-state index is 11.5. The third kappa shape index (κ3) is 0.800. The van der Waals surface area contributed by atoms with Gasteiger partial charge in [-0.05, 0) is 18.9 Å². The fourth-order valence-electron chi connectivity index (χ4n) is 1.87. The Morgan fingerprint density at radius 2 is 2.31 bits per heavy atom. The monoisotopic (exact) mass is 194 g/mol. The van der Waals surface area contributed by atoms with E-state index in [4.69, 9.17) is 11.6 Å². The van der Waals surface area contributed by atoms with Crippen molar-refractivity contribution < 1.29 is 4.79 Å². The summed E-state index contributed by atoms with van der Waals surface area (Å²) in [4.78, 5) is 15.6. The zero-order chi connectivity index (χ0) is 9.05. The average Bonchev–Trinajstić information content (AvgIpc) is 2.83. The standard InChI is InChI=1S/C9H7ClN2O/c10-5-3-6-7(11-4-5)12-8(13)9(6)1-2-9/h3-4H,1-2H2,(H,11,12,13). The molecule has 1 aromatic heterocycles. The molecule has 0 unspecified atom stereocenters. The highest BCUT2D eigenvalue weighted by atomic mass is 35.5. The van der Waals surface area contributed by atoms with Crippen molar-refractivity contribution in [3.8, 4) is 0 Å². The second-order valence-corrected chi connectivity index (χ2v) is 4.02. The molecule has 13 heavy (non-hydrogen) atoms. The minimum atomic E-state index is -0.271. The molecule has 66 valence electrons. The topological polar surface area (TPSA) is 42.0 Å². The molecule has 2 aliphatic rings. The van der Waals surface area contributed by atoms with Gasteiger partial charge in [0.25, 0.3) is 0 Å². The number of halogens is 1. The van der Waals surface area contributed by atoms with Gasteiger partial charge in [-0.1, -0.05) is 11.6 Å². The van der Waals surface area contributed by atoms with E-state index >= 15 is 0 Å². The molecular weight excluding hydrogens is 188 g/mol. The molecule has 4 heteroatoms. The summed E-state index contributed by atoms with van der Waals surface area (Å²) in [5.74, 6) is 0.768. The molecule has 1 amide bonds. The van der Waals surface area contributed by atoms with Gasteiger partial charge in [-0.3, -0.25) is 4.79 Å². The summed E-state index contributed by atoms with van der Waals surface area (Å²) in [6, 6.07) is 1.84. The maximum absolute atomic E-state index is 11.5. The maximum Gasteiger partial charge on any atom is 0.236 e. The van der Waals surface area contributed by atoms with Crippen molar-refractivity contribution in [3.63, 3.8) is 0 Å². The van der Waals surface area contributed by atoms with Crippen molar-refractivity contribution in [3.05, 3.63) is 22.8 Å². The highest BCUT2D eigenvalue weighted by molar-refractivity contribution is 6.30. The Hall–Kier alpha value is -1.09. The molecule has 1 spiro atoms. The number of nitrogens with zero attached hydrogens (tertiary/aromatic N) is 1. The molecule has 0 saturated heterocycles. The number of aromatic nitrogens is 1. The first kappa shape index (κ1) is 7.33. The Morgan fingerprint density at radius 1 is 1.54 bits per heavy atom. The van der Waals surface area contributed by atoms with Gasteiger partial charge < -0.3 is 5.32 Å². The lowest BCUT2D eigenvalue weighted by molar-refractivity contribution is -0.117. The molecule has 3 rings (SSSR count). The van der Waals surface area contributed by atoms with Crippen LogP contribution in [0.4, 0.5) is 5.82 Å². The summed E-state index contributed by atoms with van der Waals surface area (Å²) in [7, 11) is 0. The summed E-state index contributed by atoms with van der Waals surface area (Å²) in [5, 5.41) is 3.37. The number of carbonyl (C=O) groups is 1. The van der Waals surface area contributed by atoms with Gasteiger partial charge in [-0.2, -0.15) is 0 Å². The van der Waals surface area contributed by atoms with Crippen LogP contribution in [0, 0.1) is 0 Å². The number of carbonyl (C=O) groups excluding carboxylic acids is 1. The lowest BCUT2D eigenvalue weighted by atomic mass is 10.00. The molecule has 1 N–H and O–H groups in total. The first-order valence-corrected chi connectivity index (χ1v) is 4.58. The van der Waals surface area contributed by atoms with E-state index in [1.54, 1.807) is 6.20 Å². The Labute approximate surface area is 80.1 Å². The summed E-state index contributed by atoms with van der Waals surface area (Å²) < 4.78 is 0. The Bertz CT molecular complexity index is 412. The molecule has 1 fully saturated rings. The zero-order valence-corrected chi connectivity index (χ0v) is 7.56. The molecule has 1 aromatic rings. The van der Waals surface area contributed by atoms with E-state index < -0.39 is 0 Å². The van der Waals surface area contributed by atoms with E-state index in [1.165, 1.54) is 0 Å². The second-order valence-electron chi connectivity index (χ2n) is 3.59. The molecule has 0 bridgehead atoms. The highest BCUT2D eigenvalue weighted by Gasteiger charge is 2.56. The number of fused-ring (bicyclic) bond motifs is 2. The van der Waals surface area contributed by atoms with E-state index in [9.17, 15) is 4.79 Å². The number of pyridine rings is 1. The predicted molar refractivity (Wildman–Crippen MR) is 48.8 cm³/mol. The molecule has 1 aliphatic heterocycles. The Balaban J connectivity index is 2.24. The largest absolute Gasteiger partial charge is 0.310 e. The Morgan fingerprint density at radius 3 is 3.00 bits per heavy atom. The third-order valence-corrected chi connectivity index (χ3v) is 2.99. The molecule has 3 nitrogen and oxygen atoms in total. The van der Waals surface area contributed by atoms with E-state index in [-0.39, 0.29) is 11.3 Å². The van der Waals surface area contributed by atoms with Gasteiger partial charge in [-0.25, -0.2) is 4.98 Å². The van der Waals surface area contributed by atoms with Crippen molar-refractivity contribution in [1.82, 2.24) is 4.98 Å². The summed E-state index contributed by atoms with van der Waals surface area (Å²) in [6.45, 7) is 0. The van der Waals surface area contributed by atoms with Gasteiger partial charge in [-0.15, -0.1) is 0 Å². The molecule has 1 aliphatic carbocycles. The number of hydrogen-bond acceptors (Lipinski definition) is 2. The van der Waals surface area contributed by atoms with E-state index in [0.717, 1.165) is 18.4 Å². The smallest absolute Gasteiger partial charge is 0.236 e. The summed E-state index contributed by atoms with van der Waals surface area (Å²) in [6.07, 6.45) is 3.41. The van der Waals surface area contributed by atoms with Crippen molar-refractivity contribution >= 4 is 23.3 Å². The lowest BCUT2D eigenvalue weighted by Gasteiger charge is -2.02. The average molecular weight is 195 g/mol. The van der Waals surface area contributed by atoms with Crippen LogP contribution in [-0.4, -0.2) is 10.9 Å². The van der Waals surface area contributed by atoms with Gasteiger partial charge in [0, 0.05) is 11.8 Å². The first-order chi connectivity index (χ1) is 6.22. The number of rotatable bonds is 0. The minimum absolute atomic E-state index is 0.0808. The van der Waals surface area contributed by atoms with Gasteiger partial charge in [0.2, 0.25) is 5.91 Å².